The lowest BCUT2D eigenvalue weighted by molar-refractivity contribution is 0.270. The predicted octanol–water partition coefficient (Wildman–Crippen LogP) is 1.77. The second-order valence-electron chi connectivity index (χ2n) is 7.41. The molecule has 0 radical (unpaired) electrons. The first kappa shape index (κ1) is 17.8. The smallest absolute Gasteiger partial charge is 0.185 e. The Morgan fingerprint density at radius 3 is 2.86 bits per heavy atom. The molecule has 0 amide bonds. The number of aromatic nitrogens is 7. The van der Waals surface area contributed by atoms with Crippen molar-refractivity contribution in [1.29, 1.82) is 0 Å². The van der Waals surface area contributed by atoms with Crippen molar-refractivity contribution in [3.63, 3.8) is 0 Å². The molecule has 2 saturated heterocycles. The van der Waals surface area contributed by atoms with E-state index in [-0.39, 0.29) is 17.6 Å². The minimum absolute atomic E-state index is 0.0240. The SMILES string of the molecule is Cc1nnn(-c2ccc(-c3ncc(/C=C4\CC5CCC(N5)[C@H]4F)nn3)c(O)c2)n1. The minimum Gasteiger partial charge on any atom is -0.507 e. The summed E-state index contributed by atoms with van der Waals surface area (Å²) in [6.45, 7) is 1.73. The lowest BCUT2D eigenvalue weighted by Gasteiger charge is -2.27. The zero-order valence-electron chi connectivity index (χ0n) is 15.7. The van der Waals surface area contributed by atoms with Crippen molar-refractivity contribution >= 4 is 6.08 Å². The maximum atomic E-state index is 14.6. The first-order valence-corrected chi connectivity index (χ1v) is 9.47. The predicted molar refractivity (Wildman–Crippen MR) is 102 cm³/mol. The molecule has 10 heteroatoms. The fourth-order valence-electron chi connectivity index (χ4n) is 3.93. The Balaban J connectivity index is 1.38. The van der Waals surface area contributed by atoms with Crippen molar-refractivity contribution < 1.29 is 9.50 Å². The molecule has 2 unspecified atom stereocenters. The van der Waals surface area contributed by atoms with Crippen molar-refractivity contribution in [3.05, 3.63) is 41.5 Å². The van der Waals surface area contributed by atoms with E-state index in [1.807, 2.05) is 0 Å². The summed E-state index contributed by atoms with van der Waals surface area (Å²) < 4.78 is 14.6. The van der Waals surface area contributed by atoms with Gasteiger partial charge in [0.2, 0.25) is 0 Å². The highest BCUT2D eigenvalue weighted by Gasteiger charge is 2.38. The molecule has 0 saturated carbocycles. The Bertz CT molecular complexity index is 1080. The van der Waals surface area contributed by atoms with Gasteiger partial charge in [-0.1, -0.05) is 0 Å². The normalized spacial score (nSPS) is 24.9. The van der Waals surface area contributed by atoms with Gasteiger partial charge in [0.05, 0.1) is 17.4 Å². The Hall–Kier alpha value is -3.27. The molecule has 29 heavy (non-hydrogen) atoms. The quantitative estimate of drug-likeness (QED) is 0.691. The summed E-state index contributed by atoms with van der Waals surface area (Å²) in [6, 6.07) is 5.15. The average Bonchev–Trinajstić information content (AvgIpc) is 3.33. The van der Waals surface area contributed by atoms with Gasteiger partial charge in [0.25, 0.3) is 0 Å². The van der Waals surface area contributed by atoms with E-state index in [4.69, 9.17) is 0 Å². The van der Waals surface area contributed by atoms with Crippen LogP contribution in [0.5, 0.6) is 5.75 Å². The zero-order valence-corrected chi connectivity index (χ0v) is 15.7. The Morgan fingerprint density at radius 1 is 1.24 bits per heavy atom. The fourth-order valence-corrected chi connectivity index (χ4v) is 3.93. The summed E-state index contributed by atoms with van der Waals surface area (Å²) in [5, 5.41) is 33.8. The third-order valence-electron chi connectivity index (χ3n) is 5.34. The maximum Gasteiger partial charge on any atom is 0.185 e. The molecule has 2 aliphatic heterocycles. The van der Waals surface area contributed by atoms with Gasteiger partial charge in [0.15, 0.2) is 11.6 Å². The number of nitrogens with one attached hydrogen (secondary N) is 1. The number of alkyl halides is 1. The molecular formula is C19H19FN8O. The van der Waals surface area contributed by atoms with Crippen molar-refractivity contribution in [3.8, 4) is 22.8 Å². The molecule has 0 aliphatic carbocycles. The van der Waals surface area contributed by atoms with Crippen molar-refractivity contribution in [1.82, 2.24) is 40.7 Å². The van der Waals surface area contributed by atoms with Crippen LogP contribution in [0.25, 0.3) is 23.2 Å². The molecule has 148 valence electrons. The van der Waals surface area contributed by atoms with Crippen molar-refractivity contribution in [2.75, 3.05) is 0 Å². The van der Waals surface area contributed by atoms with Gasteiger partial charge in [-0.05, 0) is 55.2 Å². The van der Waals surface area contributed by atoms with Crippen LogP contribution in [0.4, 0.5) is 4.39 Å². The van der Waals surface area contributed by atoms with Crippen LogP contribution in [0.3, 0.4) is 0 Å². The number of aromatic hydroxyl groups is 1. The number of rotatable bonds is 3. The Labute approximate surface area is 165 Å². The summed E-state index contributed by atoms with van der Waals surface area (Å²) in [5.74, 6) is 0.785. The number of phenolic OH excluding ortho intramolecular Hbond substituents is 1. The highest BCUT2D eigenvalue weighted by atomic mass is 19.1. The molecule has 1 aromatic carbocycles. The second kappa shape index (κ2) is 6.96. The number of benzene rings is 1. The van der Waals surface area contributed by atoms with Gasteiger partial charge in [0.1, 0.15) is 17.6 Å². The molecule has 2 N–H and O–H groups in total. The topological polar surface area (TPSA) is 115 Å². The molecule has 4 heterocycles. The number of hydrogen-bond donors (Lipinski definition) is 2. The summed E-state index contributed by atoms with van der Waals surface area (Å²) in [6.07, 6.45) is 4.83. The number of hydrogen-bond acceptors (Lipinski definition) is 8. The molecule has 2 aromatic heterocycles. The number of aryl methyl sites for hydroxylation is 1. The van der Waals surface area contributed by atoms with Gasteiger partial charge < -0.3 is 10.4 Å². The summed E-state index contributed by atoms with van der Waals surface area (Å²) >= 11 is 0. The van der Waals surface area contributed by atoms with Crippen LogP contribution in [0.15, 0.2) is 30.0 Å². The van der Waals surface area contributed by atoms with Crippen LogP contribution in [0, 0.1) is 6.92 Å². The summed E-state index contributed by atoms with van der Waals surface area (Å²) in [5.41, 5.74) is 2.24. The molecule has 2 aliphatic rings. The van der Waals surface area contributed by atoms with Gasteiger partial charge >= 0.3 is 0 Å². The van der Waals surface area contributed by atoms with Gasteiger partial charge in [0, 0.05) is 18.2 Å². The monoisotopic (exact) mass is 394 g/mol. The number of halogens is 1. The molecule has 5 rings (SSSR count). The first-order chi connectivity index (χ1) is 14.1. The number of fused-ring (bicyclic) bond motifs is 2. The molecule has 0 spiro atoms. The van der Waals surface area contributed by atoms with E-state index in [1.165, 1.54) is 10.9 Å². The molecule has 3 atom stereocenters. The average molecular weight is 394 g/mol. The van der Waals surface area contributed by atoms with E-state index >= 15 is 0 Å². The number of nitrogens with zero attached hydrogens (tertiary/aromatic N) is 7. The summed E-state index contributed by atoms with van der Waals surface area (Å²) in [7, 11) is 0. The Morgan fingerprint density at radius 2 is 2.14 bits per heavy atom. The van der Waals surface area contributed by atoms with E-state index in [0.29, 0.717) is 35.2 Å². The Kier molecular flexibility index (Phi) is 4.27. The second-order valence-corrected chi connectivity index (χ2v) is 7.41. The lowest BCUT2D eigenvalue weighted by atomic mass is 9.96. The van der Waals surface area contributed by atoms with Crippen LogP contribution in [-0.2, 0) is 0 Å². The van der Waals surface area contributed by atoms with Gasteiger partial charge in [-0.25, -0.2) is 9.37 Å². The van der Waals surface area contributed by atoms with Crippen LogP contribution < -0.4 is 5.32 Å². The molecule has 3 aromatic rings. The molecule has 9 nitrogen and oxygen atoms in total. The van der Waals surface area contributed by atoms with E-state index in [0.717, 1.165) is 18.4 Å². The first-order valence-electron chi connectivity index (χ1n) is 9.47. The van der Waals surface area contributed by atoms with Crippen LogP contribution >= 0.6 is 0 Å². The standard InChI is InChI=1S/C19H19FN8O/c1-10-23-27-28(26-10)14-3-4-15(17(29)8-14)19-21-9-13(24-25-19)7-11-6-12-2-5-16(22-12)18(11)20/h3-4,7-9,12,16,18,22,29H,2,5-6H2,1H3/b11-7+/t12?,16?,18-/m0/s1. The third kappa shape index (κ3) is 3.35. The lowest BCUT2D eigenvalue weighted by Crippen LogP contribution is -2.42. The molecule has 2 bridgehead atoms. The third-order valence-corrected chi connectivity index (χ3v) is 5.34. The van der Waals surface area contributed by atoms with Crippen LogP contribution in [0.1, 0.15) is 30.8 Å². The number of phenols is 1. The molecule has 2 fully saturated rings. The largest absolute Gasteiger partial charge is 0.507 e. The highest BCUT2D eigenvalue weighted by Crippen LogP contribution is 2.34. The highest BCUT2D eigenvalue weighted by molar-refractivity contribution is 5.65. The summed E-state index contributed by atoms with van der Waals surface area (Å²) in [4.78, 5) is 5.62. The number of piperidine rings is 1. The zero-order chi connectivity index (χ0) is 20.0. The van der Waals surface area contributed by atoms with E-state index in [2.05, 4.69) is 35.9 Å². The minimum atomic E-state index is -0.999. The maximum absolute atomic E-state index is 14.6. The van der Waals surface area contributed by atoms with Gasteiger partial charge in [-0.2, -0.15) is 0 Å². The molecular weight excluding hydrogens is 375 g/mol. The van der Waals surface area contributed by atoms with Gasteiger partial charge in [-0.3, -0.25) is 0 Å². The van der Waals surface area contributed by atoms with E-state index < -0.39 is 6.17 Å². The van der Waals surface area contributed by atoms with E-state index in [9.17, 15) is 9.50 Å². The van der Waals surface area contributed by atoms with Crippen LogP contribution in [0.2, 0.25) is 0 Å². The van der Waals surface area contributed by atoms with Crippen LogP contribution in [-0.4, -0.2) is 58.8 Å². The number of tetrazole rings is 1. The van der Waals surface area contributed by atoms with Crippen molar-refractivity contribution in [2.45, 2.75) is 44.4 Å². The fraction of sp³-hybridized carbons (Fsp3) is 0.368. The van der Waals surface area contributed by atoms with Crippen molar-refractivity contribution in [2.24, 2.45) is 0 Å². The van der Waals surface area contributed by atoms with E-state index in [1.54, 1.807) is 31.3 Å². The van der Waals surface area contributed by atoms with Gasteiger partial charge in [-0.15, -0.1) is 25.2 Å².